The molecule has 0 bridgehead atoms. The zero-order valence-electron chi connectivity index (χ0n) is 4.66. The number of rotatable bonds is 0. The Morgan fingerprint density at radius 2 is 1.25 bits per heavy atom. The zero-order chi connectivity index (χ0) is 4.50. The summed E-state index contributed by atoms with van der Waals surface area (Å²) in [6, 6.07) is 0. The topological polar surface area (TPSA) is 80.3 Å². The standard InChI is InChI=1S/Co.Li.Mn.Ni.4O.H/q+2;+1;;;;;3*-1. The molecule has 0 aliphatic carbocycles. The van der Waals surface area contributed by atoms with Gasteiger partial charge in [0.25, 0.3) is 0 Å². The molecule has 0 aliphatic rings. The number of hydrogen-bond acceptors (Lipinski definition) is 4. The van der Waals surface area contributed by atoms with Gasteiger partial charge in [-0.05, 0) is 0 Å². The molecule has 0 heterocycles. The molecule has 1 radical (unpaired) electrons. The summed E-state index contributed by atoms with van der Waals surface area (Å²) in [6.45, 7) is 0. The Labute approximate surface area is 82.5 Å². The van der Waals surface area contributed by atoms with Gasteiger partial charge in [0.05, 0.1) is 0 Å². The number of hydrogen-bond donors (Lipinski definition) is 0. The first-order chi connectivity index (χ1) is 2.00. The molecule has 0 aliphatic heterocycles. The van der Waals surface area contributed by atoms with Crippen molar-refractivity contribution in [2.24, 2.45) is 0 Å². The van der Waals surface area contributed by atoms with Gasteiger partial charge >= 0.3 is 65.1 Å². The third-order valence-corrected chi connectivity index (χ3v) is 0. The van der Waals surface area contributed by atoms with Gasteiger partial charge in [-0.2, -0.15) is 0 Å². The summed E-state index contributed by atoms with van der Waals surface area (Å²) < 4.78 is 34.3. The SMILES string of the molecule is [Co+2].[H-].[Li+].[Ni].[O]=[Mn](=[O])([O-])[O-]. The van der Waals surface area contributed by atoms with E-state index < -0.39 is 13.4 Å². The van der Waals surface area contributed by atoms with E-state index in [9.17, 15) is 0 Å². The van der Waals surface area contributed by atoms with Gasteiger partial charge in [0.2, 0.25) is 0 Å². The van der Waals surface area contributed by atoms with Crippen molar-refractivity contribution in [3.63, 3.8) is 0 Å². The quantitative estimate of drug-likeness (QED) is 0.398. The second kappa shape index (κ2) is 8.64. The van der Waals surface area contributed by atoms with Gasteiger partial charge in [-0.25, -0.2) is 0 Å². The Hall–Kier alpha value is 1.64. The summed E-state index contributed by atoms with van der Waals surface area (Å²) in [5.74, 6) is 0. The molecule has 0 amide bonds. The van der Waals surface area contributed by atoms with E-state index >= 15 is 0 Å². The first kappa shape index (κ1) is 22.6. The van der Waals surface area contributed by atoms with Crippen LogP contribution in [0, 0.1) is 0 Å². The third-order valence-electron chi connectivity index (χ3n) is 0. The predicted octanol–water partition coefficient (Wildman–Crippen LogP) is -5.51. The normalized spacial score (nSPS) is 7.25. The summed E-state index contributed by atoms with van der Waals surface area (Å²) in [4.78, 5) is 0. The maximum absolute atomic E-state index is 8.58. The molecular formula is HCoLiMnNiO4. The molecule has 0 saturated heterocycles. The second-order valence-corrected chi connectivity index (χ2v) is 1.56. The molecule has 0 atom stereocenters. The van der Waals surface area contributed by atoms with Gasteiger partial charge in [0.15, 0.2) is 0 Å². The summed E-state index contributed by atoms with van der Waals surface area (Å²) in [7, 11) is 0. The van der Waals surface area contributed by atoms with Crippen LogP contribution in [0.4, 0.5) is 0 Å². The Bertz CT molecular complexity index is 104. The molecule has 0 N–H and O–H groups in total. The third kappa shape index (κ3) is 126. The zero-order valence-corrected chi connectivity index (χ0v) is 6.87. The van der Waals surface area contributed by atoms with Crippen molar-refractivity contribution in [3.8, 4) is 0 Å². The van der Waals surface area contributed by atoms with Crippen molar-refractivity contribution in [2.45, 2.75) is 0 Å². The maximum atomic E-state index is 8.58. The molecule has 0 saturated carbocycles. The van der Waals surface area contributed by atoms with Gasteiger partial charge in [0.1, 0.15) is 0 Å². The molecule has 4 nitrogen and oxygen atoms in total. The van der Waals surface area contributed by atoms with E-state index in [0.29, 0.717) is 0 Å². The van der Waals surface area contributed by atoms with Gasteiger partial charge in [-0.3, -0.25) is 0 Å². The van der Waals surface area contributed by atoms with Crippen molar-refractivity contribution in [1.29, 1.82) is 0 Å². The van der Waals surface area contributed by atoms with Crippen LogP contribution < -0.4 is 27.2 Å². The summed E-state index contributed by atoms with van der Waals surface area (Å²) in [5, 5.41) is 0. The van der Waals surface area contributed by atoms with Crippen molar-refractivity contribution in [2.75, 3.05) is 0 Å². The van der Waals surface area contributed by atoms with E-state index in [0.717, 1.165) is 0 Å². The van der Waals surface area contributed by atoms with Crippen LogP contribution in [0.15, 0.2) is 0 Å². The van der Waals surface area contributed by atoms with Crippen LogP contribution in [0.25, 0.3) is 0 Å². The average Bonchev–Trinajstić information content (AvgIpc) is 0.722. The second-order valence-electron chi connectivity index (χ2n) is 0.378. The molecule has 0 aromatic heterocycles. The van der Waals surface area contributed by atoms with Crippen LogP contribution in [-0.4, -0.2) is 0 Å². The van der Waals surface area contributed by atoms with Crippen LogP contribution >= 0.6 is 0 Å². The Balaban J connectivity index is -0.0000000133. The fourth-order valence-corrected chi connectivity index (χ4v) is 0. The van der Waals surface area contributed by atoms with E-state index in [2.05, 4.69) is 0 Å². The monoisotopic (exact) mass is 244 g/mol. The van der Waals surface area contributed by atoms with Gasteiger partial charge in [-0.15, -0.1) is 0 Å². The van der Waals surface area contributed by atoms with E-state index in [-0.39, 0.29) is 53.6 Å². The van der Waals surface area contributed by atoms with Crippen molar-refractivity contribution >= 4 is 0 Å². The van der Waals surface area contributed by atoms with Crippen LogP contribution in [0.2, 0.25) is 0 Å². The van der Waals surface area contributed by atoms with E-state index in [4.69, 9.17) is 16.0 Å². The summed E-state index contributed by atoms with van der Waals surface area (Å²) in [6.07, 6.45) is 0. The first-order valence-electron chi connectivity index (χ1n) is 0.617. The molecule has 0 aromatic rings. The molecule has 8 heavy (non-hydrogen) atoms. The molecule has 0 spiro atoms. The van der Waals surface area contributed by atoms with Crippen LogP contribution in [0.5, 0.6) is 0 Å². The molecular weight excluding hydrogens is 244 g/mol. The predicted molar refractivity (Wildman–Crippen MR) is 2.49 cm³/mol. The van der Waals surface area contributed by atoms with Gasteiger partial charge < -0.3 is 1.43 Å². The van der Waals surface area contributed by atoms with Crippen LogP contribution in [-0.2, 0) is 54.3 Å². The van der Waals surface area contributed by atoms with E-state index in [1.54, 1.807) is 0 Å². The fraction of sp³-hybridized carbons (Fsp3) is 0. The van der Waals surface area contributed by atoms with Gasteiger partial charge in [-0.1, -0.05) is 0 Å². The molecule has 0 unspecified atom stereocenters. The van der Waals surface area contributed by atoms with E-state index in [1.165, 1.54) is 0 Å². The molecule has 0 aromatic carbocycles. The fourth-order valence-electron chi connectivity index (χ4n) is 0. The van der Waals surface area contributed by atoms with Crippen LogP contribution in [0.1, 0.15) is 1.43 Å². The van der Waals surface area contributed by atoms with Gasteiger partial charge in [0, 0.05) is 16.5 Å². The Kier molecular flexibility index (Phi) is 24.4. The Morgan fingerprint density at radius 3 is 1.25 bits per heavy atom. The minimum atomic E-state index is -5.62. The molecule has 52 valence electrons. The molecule has 0 rings (SSSR count). The van der Waals surface area contributed by atoms with E-state index in [1.807, 2.05) is 0 Å². The average molecular weight is 245 g/mol. The summed E-state index contributed by atoms with van der Waals surface area (Å²) in [5.41, 5.74) is 0. The molecule has 0 fully saturated rings. The molecule has 8 heteroatoms. The minimum absolute atomic E-state index is 0. The first-order valence-corrected chi connectivity index (χ1v) is 2.54. The van der Waals surface area contributed by atoms with Crippen LogP contribution in [0.3, 0.4) is 0 Å². The van der Waals surface area contributed by atoms with Crippen molar-refractivity contribution in [1.82, 2.24) is 0 Å². The Morgan fingerprint density at radius 1 is 1.25 bits per heavy atom. The summed E-state index contributed by atoms with van der Waals surface area (Å²) >= 11 is -5.62. The van der Waals surface area contributed by atoms with Crippen molar-refractivity contribution < 1.29 is 83.0 Å². The van der Waals surface area contributed by atoms with Crippen molar-refractivity contribution in [3.05, 3.63) is 0 Å².